The molecular formula is C14H15NO2S2. The van der Waals surface area contributed by atoms with E-state index in [0.717, 1.165) is 21.0 Å². The van der Waals surface area contributed by atoms with E-state index in [9.17, 15) is 9.00 Å². The normalized spacial score (nSPS) is 12.1. The van der Waals surface area contributed by atoms with Crippen molar-refractivity contribution in [2.24, 2.45) is 0 Å². The van der Waals surface area contributed by atoms with Crippen molar-refractivity contribution in [1.82, 2.24) is 0 Å². The predicted molar refractivity (Wildman–Crippen MR) is 80.1 cm³/mol. The minimum Gasteiger partial charge on any atom is -0.325 e. The molecule has 1 aromatic carbocycles. The Balaban J connectivity index is 2.02. The molecule has 19 heavy (non-hydrogen) atoms. The lowest BCUT2D eigenvalue weighted by atomic mass is 10.1. The van der Waals surface area contributed by atoms with Crippen LogP contribution in [0.15, 0.2) is 39.9 Å². The monoisotopic (exact) mass is 293 g/mol. The van der Waals surface area contributed by atoms with E-state index >= 15 is 0 Å². The molecule has 0 aliphatic carbocycles. The van der Waals surface area contributed by atoms with Gasteiger partial charge in [0, 0.05) is 5.69 Å². The summed E-state index contributed by atoms with van der Waals surface area (Å²) in [6.07, 6.45) is 0. The molecule has 0 aliphatic heterocycles. The SMILES string of the molecule is Cc1cccc(NC(=O)C[S@](=O)c2cccs2)c1C. The minimum absolute atomic E-state index is 0.00606. The highest BCUT2D eigenvalue weighted by molar-refractivity contribution is 7.88. The van der Waals surface area contributed by atoms with Crippen molar-refractivity contribution in [3.05, 3.63) is 46.8 Å². The first kappa shape index (κ1) is 14.0. The summed E-state index contributed by atoms with van der Waals surface area (Å²) < 4.78 is 12.7. The molecule has 0 radical (unpaired) electrons. The summed E-state index contributed by atoms with van der Waals surface area (Å²) in [5.74, 6) is -0.228. The predicted octanol–water partition coefficient (Wildman–Crippen LogP) is 3.11. The van der Waals surface area contributed by atoms with Gasteiger partial charge in [-0.3, -0.25) is 9.00 Å². The molecule has 1 amide bonds. The van der Waals surface area contributed by atoms with Crippen LogP contribution in [0.5, 0.6) is 0 Å². The van der Waals surface area contributed by atoms with Crippen molar-refractivity contribution >= 4 is 33.7 Å². The molecule has 5 heteroatoms. The summed E-state index contributed by atoms with van der Waals surface area (Å²) in [6, 6.07) is 9.36. The molecule has 2 aromatic rings. The third kappa shape index (κ3) is 3.52. The van der Waals surface area contributed by atoms with E-state index in [1.165, 1.54) is 11.3 Å². The summed E-state index contributed by atoms with van der Waals surface area (Å²) in [5.41, 5.74) is 2.95. The molecule has 0 fully saturated rings. The summed E-state index contributed by atoms with van der Waals surface area (Å²) >= 11 is 1.40. The van der Waals surface area contributed by atoms with E-state index < -0.39 is 10.8 Å². The van der Waals surface area contributed by atoms with Gasteiger partial charge in [0.05, 0.1) is 15.0 Å². The number of amides is 1. The fourth-order valence-electron chi connectivity index (χ4n) is 1.66. The van der Waals surface area contributed by atoms with Gasteiger partial charge in [-0.15, -0.1) is 11.3 Å². The fraction of sp³-hybridized carbons (Fsp3) is 0.214. The van der Waals surface area contributed by atoms with Crippen molar-refractivity contribution in [1.29, 1.82) is 0 Å². The zero-order chi connectivity index (χ0) is 13.8. The Bertz CT molecular complexity index is 606. The number of carbonyl (C=O) groups excluding carboxylic acids is 1. The van der Waals surface area contributed by atoms with Gasteiger partial charge < -0.3 is 5.32 Å². The van der Waals surface area contributed by atoms with Crippen molar-refractivity contribution in [3.63, 3.8) is 0 Å². The van der Waals surface area contributed by atoms with Gasteiger partial charge in [-0.05, 0) is 42.5 Å². The van der Waals surface area contributed by atoms with Crippen LogP contribution in [0.4, 0.5) is 5.69 Å². The van der Waals surface area contributed by atoms with Crippen LogP contribution in [0, 0.1) is 13.8 Å². The number of anilines is 1. The quantitative estimate of drug-likeness (QED) is 0.941. The van der Waals surface area contributed by atoms with Gasteiger partial charge in [0.25, 0.3) is 0 Å². The van der Waals surface area contributed by atoms with E-state index in [1.54, 1.807) is 6.07 Å². The lowest BCUT2D eigenvalue weighted by Gasteiger charge is -2.09. The Hall–Kier alpha value is -1.46. The Kier molecular flexibility index (Phi) is 4.50. The molecular weight excluding hydrogens is 278 g/mol. The third-order valence-corrected chi connectivity index (χ3v) is 5.48. The standard InChI is InChI=1S/C14H15NO2S2/c1-10-5-3-6-12(11(10)2)15-13(16)9-19(17)14-7-4-8-18-14/h3-8H,9H2,1-2H3,(H,15,16)/t19-/m0/s1. The molecule has 1 heterocycles. The van der Waals surface area contributed by atoms with Crippen LogP contribution in [0.2, 0.25) is 0 Å². The van der Waals surface area contributed by atoms with Crippen LogP contribution < -0.4 is 5.32 Å². The average molecular weight is 293 g/mol. The molecule has 1 atom stereocenters. The van der Waals surface area contributed by atoms with E-state index in [1.807, 2.05) is 43.5 Å². The van der Waals surface area contributed by atoms with Gasteiger partial charge in [0.2, 0.25) is 5.91 Å². The van der Waals surface area contributed by atoms with Crippen molar-refractivity contribution in [3.8, 4) is 0 Å². The van der Waals surface area contributed by atoms with E-state index in [0.29, 0.717) is 0 Å². The zero-order valence-corrected chi connectivity index (χ0v) is 12.4. The van der Waals surface area contributed by atoms with Crippen molar-refractivity contribution < 1.29 is 9.00 Å². The number of hydrogen-bond acceptors (Lipinski definition) is 3. The molecule has 3 nitrogen and oxygen atoms in total. The van der Waals surface area contributed by atoms with Crippen LogP contribution in [0.1, 0.15) is 11.1 Å². The molecule has 0 aliphatic rings. The number of benzene rings is 1. The van der Waals surface area contributed by atoms with E-state index in [-0.39, 0.29) is 11.7 Å². The van der Waals surface area contributed by atoms with Crippen LogP contribution in [-0.2, 0) is 15.6 Å². The zero-order valence-electron chi connectivity index (χ0n) is 10.8. The number of aryl methyl sites for hydroxylation is 1. The molecule has 0 bridgehead atoms. The van der Waals surface area contributed by atoms with Crippen LogP contribution in [0.25, 0.3) is 0 Å². The van der Waals surface area contributed by atoms with Gasteiger partial charge in [-0.2, -0.15) is 0 Å². The lowest BCUT2D eigenvalue weighted by Crippen LogP contribution is -2.19. The molecule has 0 saturated carbocycles. The molecule has 1 N–H and O–H groups in total. The fourth-order valence-corrected chi connectivity index (χ4v) is 3.56. The average Bonchev–Trinajstić information content (AvgIpc) is 2.88. The Morgan fingerprint density at radius 3 is 2.74 bits per heavy atom. The van der Waals surface area contributed by atoms with Crippen LogP contribution in [-0.4, -0.2) is 15.9 Å². The van der Waals surface area contributed by atoms with Gasteiger partial charge in [0.1, 0.15) is 5.75 Å². The number of rotatable bonds is 4. The van der Waals surface area contributed by atoms with Gasteiger partial charge in [-0.25, -0.2) is 0 Å². The number of carbonyl (C=O) groups is 1. The number of thiophene rings is 1. The Morgan fingerprint density at radius 2 is 2.05 bits per heavy atom. The van der Waals surface area contributed by atoms with Gasteiger partial charge in [-0.1, -0.05) is 18.2 Å². The Labute approximate surface area is 119 Å². The second-order valence-electron chi connectivity index (χ2n) is 4.22. The third-order valence-electron chi connectivity index (χ3n) is 2.86. The van der Waals surface area contributed by atoms with E-state index in [4.69, 9.17) is 0 Å². The molecule has 0 spiro atoms. The molecule has 100 valence electrons. The molecule has 0 saturated heterocycles. The van der Waals surface area contributed by atoms with Crippen molar-refractivity contribution in [2.75, 3.05) is 11.1 Å². The second kappa shape index (κ2) is 6.12. The summed E-state index contributed by atoms with van der Waals surface area (Å²) in [5, 5.41) is 4.67. The first-order valence-corrected chi connectivity index (χ1v) is 8.05. The summed E-state index contributed by atoms with van der Waals surface area (Å²) in [6.45, 7) is 3.95. The maximum Gasteiger partial charge on any atom is 0.237 e. The number of nitrogens with one attached hydrogen (secondary N) is 1. The topological polar surface area (TPSA) is 46.2 Å². The minimum atomic E-state index is -1.26. The van der Waals surface area contributed by atoms with E-state index in [2.05, 4.69) is 5.32 Å². The summed E-state index contributed by atoms with van der Waals surface area (Å²) in [7, 11) is -1.26. The Morgan fingerprint density at radius 1 is 1.26 bits per heavy atom. The first-order valence-electron chi connectivity index (χ1n) is 5.86. The molecule has 2 rings (SSSR count). The largest absolute Gasteiger partial charge is 0.325 e. The molecule has 1 aromatic heterocycles. The van der Waals surface area contributed by atoms with Crippen LogP contribution >= 0.6 is 11.3 Å². The number of hydrogen-bond donors (Lipinski definition) is 1. The maximum atomic E-state index is 11.9. The highest BCUT2D eigenvalue weighted by atomic mass is 32.2. The first-order chi connectivity index (χ1) is 9.08. The summed E-state index contributed by atoms with van der Waals surface area (Å²) in [4.78, 5) is 11.9. The van der Waals surface area contributed by atoms with Crippen LogP contribution in [0.3, 0.4) is 0 Å². The van der Waals surface area contributed by atoms with Gasteiger partial charge in [0.15, 0.2) is 0 Å². The lowest BCUT2D eigenvalue weighted by molar-refractivity contribution is -0.113. The smallest absolute Gasteiger partial charge is 0.237 e. The second-order valence-corrected chi connectivity index (χ2v) is 6.84. The van der Waals surface area contributed by atoms with Gasteiger partial charge >= 0.3 is 0 Å². The van der Waals surface area contributed by atoms with Crippen molar-refractivity contribution in [2.45, 2.75) is 18.1 Å². The maximum absolute atomic E-state index is 11.9. The molecule has 0 unspecified atom stereocenters. The highest BCUT2D eigenvalue weighted by Crippen LogP contribution is 2.18. The highest BCUT2D eigenvalue weighted by Gasteiger charge is 2.12.